The molecule has 2 aliphatic heterocycles. The molecule has 0 bridgehead atoms. The molecule has 2 saturated heterocycles. The Morgan fingerprint density at radius 2 is 2.11 bits per heavy atom. The van der Waals surface area contributed by atoms with Gasteiger partial charge < -0.3 is 20.3 Å². The molecule has 9 heteroatoms. The Hall–Kier alpha value is -1.77. The normalized spacial score (nSPS) is 35.4. The van der Waals surface area contributed by atoms with Gasteiger partial charge >= 0.3 is 0 Å². The first-order valence-corrected chi connectivity index (χ1v) is 9.47. The largest absolute Gasteiger partial charge is 0.371 e. The molecule has 2 N–H and O–H groups in total. The maximum absolute atomic E-state index is 15.6. The number of likely N-dealkylation sites (tertiary alicyclic amines) is 1. The van der Waals surface area contributed by atoms with E-state index in [0.717, 1.165) is 0 Å². The number of carbonyl (C=O) groups excluding carboxylic acids is 3. The molecule has 0 radical (unpaired) electrons. The van der Waals surface area contributed by atoms with Crippen LogP contribution in [0.2, 0.25) is 0 Å². The van der Waals surface area contributed by atoms with Gasteiger partial charge in [-0.05, 0) is 25.2 Å². The topological polar surface area (TPSA) is 87.7 Å². The zero-order valence-electron chi connectivity index (χ0n) is 15.7. The maximum Gasteiger partial charge on any atom is 0.255 e. The number of alkyl halides is 2. The molecule has 3 fully saturated rings. The highest BCUT2D eigenvalue weighted by atomic mass is 19.1. The van der Waals surface area contributed by atoms with Crippen molar-refractivity contribution >= 4 is 17.7 Å². The zero-order valence-corrected chi connectivity index (χ0v) is 15.7. The average molecular weight is 387 g/mol. The lowest BCUT2D eigenvalue weighted by Gasteiger charge is -2.33. The number of hydrogen-bond acceptors (Lipinski definition) is 4. The molecule has 0 spiro atoms. The number of nitrogens with zero attached hydrogens (tertiary/aromatic N) is 1. The smallest absolute Gasteiger partial charge is 0.255 e. The van der Waals surface area contributed by atoms with Gasteiger partial charge in [-0.25, -0.2) is 8.78 Å². The third-order valence-electron chi connectivity index (χ3n) is 5.65. The van der Waals surface area contributed by atoms with E-state index < -0.39 is 41.1 Å². The second-order valence-electron chi connectivity index (χ2n) is 8.32. The first kappa shape index (κ1) is 20.0. The van der Waals surface area contributed by atoms with Crippen LogP contribution >= 0.6 is 0 Å². The molecule has 0 unspecified atom stereocenters. The highest BCUT2D eigenvalue weighted by Crippen LogP contribution is 2.48. The van der Waals surface area contributed by atoms with Gasteiger partial charge in [0.25, 0.3) is 5.91 Å². The van der Waals surface area contributed by atoms with Gasteiger partial charge in [0.05, 0.1) is 12.1 Å². The van der Waals surface area contributed by atoms with Gasteiger partial charge in [-0.1, -0.05) is 13.8 Å². The molecule has 7 nitrogen and oxygen atoms in total. The summed E-state index contributed by atoms with van der Waals surface area (Å²) in [6.45, 7) is 4.04. The molecule has 3 rings (SSSR count). The Bertz CT molecular complexity index is 632. The van der Waals surface area contributed by atoms with E-state index in [9.17, 15) is 18.8 Å². The number of fused-ring (bicyclic) bond motifs is 1. The SMILES string of the molecule is CC(C)COCC(=O)N[C@]12CCC[C@@]1(F)CN(C(=O)[C@@H]1C[C@H](F)C(=O)N1)C2. The summed E-state index contributed by atoms with van der Waals surface area (Å²) in [5, 5.41) is 5.08. The zero-order chi connectivity index (χ0) is 19.8. The summed E-state index contributed by atoms with van der Waals surface area (Å²) in [5.74, 6) is -1.44. The molecule has 1 saturated carbocycles. The molecule has 2 heterocycles. The van der Waals surface area contributed by atoms with Gasteiger partial charge in [-0.3, -0.25) is 14.4 Å². The Morgan fingerprint density at radius 1 is 1.37 bits per heavy atom. The van der Waals surface area contributed by atoms with Gasteiger partial charge in [-0.2, -0.15) is 0 Å². The lowest BCUT2D eigenvalue weighted by atomic mass is 9.87. The predicted octanol–water partition coefficient (Wildman–Crippen LogP) is 0.475. The number of ether oxygens (including phenoxy) is 1. The van der Waals surface area contributed by atoms with Gasteiger partial charge in [0.2, 0.25) is 11.8 Å². The third-order valence-corrected chi connectivity index (χ3v) is 5.65. The van der Waals surface area contributed by atoms with Crippen LogP contribution in [-0.2, 0) is 19.1 Å². The number of carbonyl (C=O) groups is 3. The van der Waals surface area contributed by atoms with Crippen LogP contribution in [0.15, 0.2) is 0 Å². The lowest BCUT2D eigenvalue weighted by molar-refractivity contribution is -0.134. The quantitative estimate of drug-likeness (QED) is 0.694. The van der Waals surface area contributed by atoms with E-state index in [4.69, 9.17) is 4.74 Å². The van der Waals surface area contributed by atoms with E-state index in [1.807, 2.05) is 13.8 Å². The lowest BCUT2D eigenvalue weighted by Crippen LogP contribution is -2.59. The van der Waals surface area contributed by atoms with Gasteiger partial charge in [-0.15, -0.1) is 0 Å². The highest BCUT2D eigenvalue weighted by Gasteiger charge is 2.63. The van der Waals surface area contributed by atoms with Crippen LogP contribution in [0.1, 0.15) is 39.5 Å². The van der Waals surface area contributed by atoms with E-state index in [1.165, 1.54) is 4.90 Å². The summed E-state index contributed by atoms with van der Waals surface area (Å²) in [4.78, 5) is 37.5. The van der Waals surface area contributed by atoms with E-state index in [-0.39, 0.29) is 38.5 Å². The Kier molecular flexibility index (Phi) is 5.42. The van der Waals surface area contributed by atoms with Crippen molar-refractivity contribution in [1.29, 1.82) is 0 Å². The van der Waals surface area contributed by atoms with Crippen LogP contribution in [0.25, 0.3) is 0 Å². The fourth-order valence-electron chi connectivity index (χ4n) is 4.35. The summed E-state index contributed by atoms with van der Waals surface area (Å²) in [6.07, 6.45) is -0.681. The number of hydrogen-bond donors (Lipinski definition) is 2. The molecule has 0 aromatic carbocycles. The van der Waals surface area contributed by atoms with Crippen LogP contribution in [0, 0.1) is 5.92 Å². The van der Waals surface area contributed by atoms with Crippen molar-refractivity contribution in [3.05, 3.63) is 0 Å². The molecular weight excluding hydrogens is 360 g/mol. The monoisotopic (exact) mass is 387 g/mol. The minimum atomic E-state index is -1.73. The summed E-state index contributed by atoms with van der Waals surface area (Å²) in [5.41, 5.74) is -2.88. The Labute approximate surface area is 157 Å². The van der Waals surface area contributed by atoms with Crippen molar-refractivity contribution in [1.82, 2.24) is 15.5 Å². The summed E-state index contributed by atoms with van der Waals surface area (Å²) in [6, 6.07) is -0.975. The number of nitrogens with one attached hydrogen (secondary N) is 2. The minimum Gasteiger partial charge on any atom is -0.371 e. The number of halogens is 2. The molecule has 3 amide bonds. The van der Waals surface area contributed by atoms with Crippen molar-refractivity contribution in [3.8, 4) is 0 Å². The maximum atomic E-state index is 15.6. The number of amides is 3. The molecule has 0 aromatic rings. The van der Waals surface area contributed by atoms with Crippen molar-refractivity contribution in [2.75, 3.05) is 26.3 Å². The van der Waals surface area contributed by atoms with Crippen LogP contribution < -0.4 is 10.6 Å². The highest BCUT2D eigenvalue weighted by molar-refractivity contribution is 5.93. The van der Waals surface area contributed by atoms with Gasteiger partial charge in [0.1, 0.15) is 12.6 Å². The van der Waals surface area contributed by atoms with Crippen LogP contribution in [0.5, 0.6) is 0 Å². The minimum absolute atomic E-state index is 0.0155. The Balaban J connectivity index is 1.65. The van der Waals surface area contributed by atoms with Crippen molar-refractivity contribution in [3.63, 3.8) is 0 Å². The third kappa shape index (κ3) is 3.79. The second-order valence-corrected chi connectivity index (χ2v) is 8.32. The van der Waals surface area contributed by atoms with Crippen LogP contribution in [-0.4, -0.2) is 72.3 Å². The molecule has 1 aliphatic carbocycles. The van der Waals surface area contributed by atoms with E-state index in [0.29, 0.717) is 19.4 Å². The van der Waals surface area contributed by atoms with Crippen molar-refractivity contribution in [2.45, 2.75) is 63.0 Å². The second kappa shape index (κ2) is 7.33. The van der Waals surface area contributed by atoms with Crippen LogP contribution in [0.4, 0.5) is 8.78 Å². The van der Waals surface area contributed by atoms with E-state index in [1.54, 1.807) is 0 Å². The van der Waals surface area contributed by atoms with E-state index in [2.05, 4.69) is 10.6 Å². The average Bonchev–Trinajstić information content (AvgIpc) is 3.15. The van der Waals surface area contributed by atoms with Gasteiger partial charge in [0, 0.05) is 19.6 Å². The molecule has 0 aromatic heterocycles. The first-order chi connectivity index (χ1) is 12.7. The molecular formula is C18H27F2N3O4. The standard InChI is InChI=1S/C18H27F2N3O4/c1-11(2)7-27-8-14(24)22-18-5-3-4-17(18,20)9-23(10-18)16(26)13-6-12(19)15(25)21-13/h11-13H,3-10H2,1-2H3,(H,21,25)(H,22,24)/t12-,13-,17+,18-/m0/s1. The molecule has 152 valence electrons. The fraction of sp³-hybridized carbons (Fsp3) is 0.833. The fourth-order valence-corrected chi connectivity index (χ4v) is 4.35. The number of rotatable bonds is 6. The Morgan fingerprint density at radius 3 is 2.74 bits per heavy atom. The summed E-state index contributed by atoms with van der Waals surface area (Å²) < 4.78 is 34.3. The van der Waals surface area contributed by atoms with E-state index >= 15 is 4.39 Å². The van der Waals surface area contributed by atoms with Crippen molar-refractivity contribution in [2.24, 2.45) is 5.92 Å². The van der Waals surface area contributed by atoms with Crippen LogP contribution in [0.3, 0.4) is 0 Å². The molecule has 27 heavy (non-hydrogen) atoms. The molecule has 4 atom stereocenters. The first-order valence-electron chi connectivity index (χ1n) is 9.47. The summed E-state index contributed by atoms with van der Waals surface area (Å²) >= 11 is 0. The molecule has 3 aliphatic rings. The van der Waals surface area contributed by atoms with Gasteiger partial charge in [0.15, 0.2) is 11.8 Å². The predicted molar refractivity (Wildman–Crippen MR) is 92.2 cm³/mol. The van der Waals surface area contributed by atoms with Crippen molar-refractivity contribution < 1.29 is 27.9 Å². The summed E-state index contributed by atoms with van der Waals surface area (Å²) in [7, 11) is 0.